The van der Waals surface area contributed by atoms with Crippen LogP contribution in [0.2, 0.25) is 0 Å². The first-order valence-electron chi connectivity index (χ1n) is 6.10. The molecular weight excluding hydrogens is 252 g/mol. The normalized spacial score (nSPS) is 11.2. The molecule has 1 aromatic carbocycles. The molecule has 0 atom stereocenters. The first-order valence-corrected chi connectivity index (χ1v) is 6.98. The molecule has 0 saturated carbocycles. The highest BCUT2D eigenvalue weighted by Crippen LogP contribution is 2.27. The fourth-order valence-electron chi connectivity index (χ4n) is 2.28. The number of thiophene rings is 1. The molecule has 0 aliphatic rings. The van der Waals surface area contributed by atoms with E-state index in [-0.39, 0.29) is 0 Å². The van der Waals surface area contributed by atoms with Gasteiger partial charge in [-0.2, -0.15) is 0 Å². The minimum atomic E-state index is 0.992. The number of para-hydroxylation sites is 1. The van der Waals surface area contributed by atoms with Gasteiger partial charge in [0.2, 0.25) is 0 Å². The van der Waals surface area contributed by atoms with Crippen molar-refractivity contribution in [3.05, 3.63) is 60.1 Å². The molecule has 0 bridgehead atoms. The van der Waals surface area contributed by atoms with Crippen LogP contribution in [-0.4, -0.2) is 9.97 Å². The second-order valence-corrected chi connectivity index (χ2v) is 5.33. The predicted octanol–water partition coefficient (Wildman–Crippen LogP) is 4.51. The van der Waals surface area contributed by atoms with E-state index in [1.165, 1.54) is 4.88 Å². The van der Waals surface area contributed by atoms with E-state index in [0.717, 1.165) is 27.5 Å². The molecule has 0 fully saturated rings. The van der Waals surface area contributed by atoms with Crippen LogP contribution in [-0.2, 0) is 0 Å². The topological polar surface area (TPSA) is 25.8 Å². The van der Waals surface area contributed by atoms with Gasteiger partial charge in [0, 0.05) is 17.0 Å². The minimum absolute atomic E-state index is 0.992. The Labute approximate surface area is 114 Å². The summed E-state index contributed by atoms with van der Waals surface area (Å²) in [5.41, 5.74) is 3.04. The molecule has 4 aromatic rings. The predicted molar refractivity (Wildman–Crippen MR) is 80.4 cm³/mol. The Kier molecular flexibility index (Phi) is 2.32. The number of fused-ring (bicyclic) bond motifs is 3. The highest BCUT2D eigenvalue weighted by Gasteiger charge is 2.06. The lowest BCUT2D eigenvalue weighted by molar-refractivity contribution is 1.39. The molecule has 4 rings (SSSR count). The van der Waals surface area contributed by atoms with Crippen molar-refractivity contribution in [3.63, 3.8) is 0 Å². The van der Waals surface area contributed by atoms with E-state index in [9.17, 15) is 0 Å². The number of hydrogen-bond donors (Lipinski definition) is 0. The third-order valence-electron chi connectivity index (χ3n) is 3.20. The van der Waals surface area contributed by atoms with Crippen LogP contribution in [0.4, 0.5) is 0 Å². The molecule has 0 amide bonds. The Morgan fingerprint density at radius 2 is 1.84 bits per heavy atom. The zero-order valence-corrected chi connectivity index (χ0v) is 10.9. The van der Waals surface area contributed by atoms with E-state index in [0.29, 0.717) is 0 Å². The molecule has 90 valence electrons. The lowest BCUT2D eigenvalue weighted by Gasteiger charge is -2.04. The Hall–Kier alpha value is -2.26. The number of rotatable bonds is 1. The van der Waals surface area contributed by atoms with Crippen LogP contribution in [0.5, 0.6) is 0 Å². The average molecular weight is 262 g/mol. The molecule has 0 radical (unpaired) electrons. The lowest BCUT2D eigenvalue weighted by atomic mass is 10.1. The molecule has 0 N–H and O–H groups in total. The lowest BCUT2D eigenvalue weighted by Crippen LogP contribution is -1.87. The monoisotopic (exact) mass is 262 g/mol. The largest absolute Gasteiger partial charge is 0.255 e. The average Bonchev–Trinajstić information content (AvgIpc) is 3.01. The Bertz CT molecular complexity index is 866. The second kappa shape index (κ2) is 4.14. The van der Waals surface area contributed by atoms with Gasteiger partial charge in [0.15, 0.2) is 0 Å². The maximum atomic E-state index is 4.82. The molecule has 19 heavy (non-hydrogen) atoms. The number of benzene rings is 1. The van der Waals surface area contributed by atoms with Crippen LogP contribution in [0.1, 0.15) is 0 Å². The van der Waals surface area contributed by atoms with Crippen molar-refractivity contribution >= 4 is 33.1 Å². The van der Waals surface area contributed by atoms with Gasteiger partial charge in [-0.15, -0.1) is 11.3 Å². The van der Waals surface area contributed by atoms with Gasteiger partial charge in [-0.1, -0.05) is 24.3 Å². The van der Waals surface area contributed by atoms with Gasteiger partial charge in [0.1, 0.15) is 0 Å². The molecule has 3 aromatic heterocycles. The molecule has 2 nitrogen and oxygen atoms in total. The molecular formula is C16H10N2S. The standard InChI is InChI=1S/C16H10N2S/c1-2-5-13-12(4-1)16-11(10-17-13)7-8-14(18-16)15-6-3-9-19-15/h1-10H. The summed E-state index contributed by atoms with van der Waals surface area (Å²) in [6.07, 6.45) is 1.89. The highest BCUT2D eigenvalue weighted by atomic mass is 32.1. The number of pyridine rings is 2. The maximum Gasteiger partial charge on any atom is 0.0819 e. The van der Waals surface area contributed by atoms with E-state index in [2.05, 4.69) is 40.7 Å². The van der Waals surface area contributed by atoms with E-state index in [4.69, 9.17) is 4.98 Å². The van der Waals surface area contributed by atoms with E-state index < -0.39 is 0 Å². The van der Waals surface area contributed by atoms with Crippen LogP contribution in [0.3, 0.4) is 0 Å². The van der Waals surface area contributed by atoms with Gasteiger partial charge in [-0.25, -0.2) is 4.98 Å². The van der Waals surface area contributed by atoms with Gasteiger partial charge in [0.05, 0.1) is 21.6 Å². The van der Waals surface area contributed by atoms with Crippen LogP contribution in [0, 0.1) is 0 Å². The van der Waals surface area contributed by atoms with Gasteiger partial charge in [-0.05, 0) is 29.6 Å². The first kappa shape index (κ1) is 10.6. The molecule has 0 aliphatic carbocycles. The van der Waals surface area contributed by atoms with Crippen LogP contribution in [0.15, 0.2) is 60.1 Å². The van der Waals surface area contributed by atoms with Crippen molar-refractivity contribution in [2.24, 2.45) is 0 Å². The maximum absolute atomic E-state index is 4.82. The molecule has 3 heterocycles. The zero-order valence-electron chi connectivity index (χ0n) is 10.1. The number of aromatic nitrogens is 2. The summed E-state index contributed by atoms with van der Waals surface area (Å²) in [7, 11) is 0. The van der Waals surface area contributed by atoms with Crippen molar-refractivity contribution in [1.29, 1.82) is 0 Å². The quantitative estimate of drug-likeness (QED) is 0.472. The molecule has 0 unspecified atom stereocenters. The van der Waals surface area contributed by atoms with Crippen molar-refractivity contribution < 1.29 is 0 Å². The van der Waals surface area contributed by atoms with Crippen molar-refractivity contribution in [2.45, 2.75) is 0 Å². The number of nitrogens with zero attached hydrogens (tertiary/aromatic N) is 2. The number of hydrogen-bond acceptors (Lipinski definition) is 3. The van der Waals surface area contributed by atoms with Crippen molar-refractivity contribution in [2.75, 3.05) is 0 Å². The Morgan fingerprint density at radius 3 is 2.74 bits per heavy atom. The van der Waals surface area contributed by atoms with Crippen molar-refractivity contribution in [1.82, 2.24) is 9.97 Å². The molecule has 0 spiro atoms. The molecule has 0 saturated heterocycles. The highest BCUT2D eigenvalue weighted by molar-refractivity contribution is 7.13. The van der Waals surface area contributed by atoms with Crippen LogP contribution >= 0.6 is 11.3 Å². The molecule has 3 heteroatoms. The second-order valence-electron chi connectivity index (χ2n) is 4.39. The first-order chi connectivity index (χ1) is 9.42. The van der Waals surface area contributed by atoms with Gasteiger partial charge in [0.25, 0.3) is 0 Å². The summed E-state index contributed by atoms with van der Waals surface area (Å²) >= 11 is 1.71. The SMILES string of the molecule is c1csc(-c2ccc3cnc4ccccc4c3n2)c1. The van der Waals surface area contributed by atoms with Gasteiger partial charge in [-0.3, -0.25) is 4.98 Å². The summed E-state index contributed by atoms with van der Waals surface area (Å²) in [4.78, 5) is 10.5. The summed E-state index contributed by atoms with van der Waals surface area (Å²) in [6, 6.07) is 16.4. The van der Waals surface area contributed by atoms with E-state index in [1.54, 1.807) is 11.3 Å². The third-order valence-corrected chi connectivity index (χ3v) is 4.09. The smallest absolute Gasteiger partial charge is 0.0819 e. The zero-order chi connectivity index (χ0) is 12.7. The molecule has 0 aliphatic heterocycles. The Balaban J connectivity index is 2.09. The fourth-order valence-corrected chi connectivity index (χ4v) is 2.97. The van der Waals surface area contributed by atoms with Crippen LogP contribution < -0.4 is 0 Å². The summed E-state index contributed by atoms with van der Waals surface area (Å²) in [5.74, 6) is 0. The van der Waals surface area contributed by atoms with Gasteiger partial charge < -0.3 is 0 Å². The van der Waals surface area contributed by atoms with Crippen LogP contribution in [0.25, 0.3) is 32.4 Å². The van der Waals surface area contributed by atoms with E-state index in [1.807, 2.05) is 24.4 Å². The van der Waals surface area contributed by atoms with E-state index >= 15 is 0 Å². The summed E-state index contributed by atoms with van der Waals surface area (Å²) in [6.45, 7) is 0. The minimum Gasteiger partial charge on any atom is -0.255 e. The summed E-state index contributed by atoms with van der Waals surface area (Å²) < 4.78 is 0. The Morgan fingerprint density at radius 1 is 0.895 bits per heavy atom. The fraction of sp³-hybridized carbons (Fsp3) is 0. The van der Waals surface area contributed by atoms with Crippen molar-refractivity contribution in [3.8, 4) is 10.6 Å². The third kappa shape index (κ3) is 1.71. The summed E-state index contributed by atoms with van der Waals surface area (Å²) in [5, 5.41) is 4.27. The van der Waals surface area contributed by atoms with Gasteiger partial charge >= 0.3 is 0 Å².